The number of carbonyl (C=O) groups excluding carboxylic acids is 1. The lowest BCUT2D eigenvalue weighted by Gasteiger charge is -2.37. The number of hydrogen-bond acceptors (Lipinski definition) is 4. The number of aryl methyl sites for hydroxylation is 2. The van der Waals surface area contributed by atoms with Crippen LogP contribution >= 0.6 is 0 Å². The smallest absolute Gasteiger partial charge is 0.244 e. The summed E-state index contributed by atoms with van der Waals surface area (Å²) in [4.78, 5) is 22.0. The van der Waals surface area contributed by atoms with Gasteiger partial charge in [0, 0.05) is 49.5 Å². The molecule has 2 aromatic carbocycles. The molecule has 6 nitrogen and oxygen atoms in total. The Morgan fingerprint density at radius 2 is 1.71 bits per heavy atom. The number of aliphatic imine (C=N–C) groups is 1. The van der Waals surface area contributed by atoms with E-state index < -0.39 is 0 Å². The van der Waals surface area contributed by atoms with Crippen LogP contribution in [-0.4, -0.2) is 52.5 Å². The number of benzene rings is 2. The average molecular weight is 414 g/mol. The fourth-order valence-electron chi connectivity index (χ4n) is 4.54. The van der Waals surface area contributed by atoms with E-state index in [-0.39, 0.29) is 5.91 Å². The van der Waals surface area contributed by atoms with Gasteiger partial charge >= 0.3 is 0 Å². The van der Waals surface area contributed by atoms with Crippen molar-refractivity contribution >= 4 is 23.0 Å². The van der Waals surface area contributed by atoms with Crippen LogP contribution in [0.1, 0.15) is 22.5 Å². The third-order valence-electron chi connectivity index (χ3n) is 6.18. The van der Waals surface area contributed by atoms with Crippen molar-refractivity contribution in [3.63, 3.8) is 0 Å². The maximum absolute atomic E-state index is 12.8. The first-order chi connectivity index (χ1) is 15.1. The summed E-state index contributed by atoms with van der Waals surface area (Å²) in [5, 5.41) is 4.43. The molecule has 0 bridgehead atoms. The number of aromatic nitrogens is 2. The van der Waals surface area contributed by atoms with Crippen LogP contribution in [0.4, 0.5) is 11.4 Å². The molecule has 0 atom stereocenters. The molecule has 6 heteroatoms. The molecule has 31 heavy (non-hydrogen) atoms. The van der Waals surface area contributed by atoms with E-state index in [4.69, 9.17) is 4.99 Å². The fourth-order valence-corrected chi connectivity index (χ4v) is 4.54. The summed E-state index contributed by atoms with van der Waals surface area (Å²) in [7, 11) is 0. The van der Waals surface area contributed by atoms with E-state index >= 15 is 0 Å². The zero-order chi connectivity index (χ0) is 21.4. The van der Waals surface area contributed by atoms with Gasteiger partial charge < -0.3 is 9.80 Å². The van der Waals surface area contributed by atoms with Crippen molar-refractivity contribution in [2.24, 2.45) is 4.99 Å². The number of rotatable bonds is 4. The molecule has 1 saturated heterocycles. The Labute approximate surface area is 182 Å². The van der Waals surface area contributed by atoms with Gasteiger partial charge in [0.1, 0.15) is 6.54 Å². The topological polar surface area (TPSA) is 53.7 Å². The van der Waals surface area contributed by atoms with E-state index in [0.717, 1.165) is 55.4 Å². The SMILES string of the molecule is Cc1cc(C)n(CC(=O)N2CCN(c3ccccc3C3=Nc4ccccc4C3)CC2)n1. The predicted molar refractivity (Wildman–Crippen MR) is 123 cm³/mol. The molecule has 2 aliphatic heterocycles. The van der Waals surface area contributed by atoms with E-state index in [9.17, 15) is 4.79 Å². The second kappa shape index (κ2) is 8.02. The summed E-state index contributed by atoms with van der Waals surface area (Å²) < 4.78 is 1.80. The molecule has 158 valence electrons. The number of anilines is 1. The normalized spacial score (nSPS) is 15.7. The van der Waals surface area contributed by atoms with Crippen LogP contribution in [0.25, 0.3) is 0 Å². The van der Waals surface area contributed by atoms with Gasteiger partial charge in [-0.05, 0) is 37.6 Å². The highest BCUT2D eigenvalue weighted by Crippen LogP contribution is 2.32. The van der Waals surface area contributed by atoms with E-state index in [0.29, 0.717) is 6.54 Å². The second-order valence-corrected chi connectivity index (χ2v) is 8.33. The first-order valence-corrected chi connectivity index (χ1v) is 10.9. The highest BCUT2D eigenvalue weighted by molar-refractivity contribution is 6.10. The highest BCUT2D eigenvalue weighted by Gasteiger charge is 2.25. The van der Waals surface area contributed by atoms with Gasteiger partial charge in [0.2, 0.25) is 5.91 Å². The largest absolute Gasteiger partial charge is 0.367 e. The minimum atomic E-state index is 0.134. The molecule has 0 N–H and O–H groups in total. The summed E-state index contributed by atoms with van der Waals surface area (Å²) in [6, 6.07) is 18.9. The number of carbonyl (C=O) groups is 1. The lowest BCUT2D eigenvalue weighted by Crippen LogP contribution is -2.50. The Morgan fingerprint density at radius 1 is 0.968 bits per heavy atom. The Kier molecular flexibility index (Phi) is 5.06. The molecule has 0 spiro atoms. The molecule has 0 radical (unpaired) electrons. The third kappa shape index (κ3) is 3.85. The van der Waals surface area contributed by atoms with Crippen LogP contribution in [0, 0.1) is 13.8 Å². The average Bonchev–Trinajstić information content (AvgIpc) is 3.36. The first-order valence-electron chi connectivity index (χ1n) is 10.9. The van der Waals surface area contributed by atoms with Crippen LogP contribution in [0.15, 0.2) is 59.6 Å². The van der Waals surface area contributed by atoms with Gasteiger partial charge in [-0.15, -0.1) is 0 Å². The highest BCUT2D eigenvalue weighted by atomic mass is 16.2. The van der Waals surface area contributed by atoms with Crippen molar-refractivity contribution in [3.05, 3.63) is 77.1 Å². The molecular formula is C25H27N5O. The zero-order valence-corrected chi connectivity index (χ0v) is 18.1. The molecule has 0 unspecified atom stereocenters. The minimum absolute atomic E-state index is 0.134. The number of amides is 1. The monoisotopic (exact) mass is 413 g/mol. The summed E-state index contributed by atoms with van der Waals surface area (Å²) in [6.45, 7) is 7.34. The van der Waals surface area contributed by atoms with E-state index in [1.165, 1.54) is 16.8 Å². The van der Waals surface area contributed by atoms with Gasteiger partial charge in [-0.2, -0.15) is 5.10 Å². The summed E-state index contributed by atoms with van der Waals surface area (Å²) in [6.07, 6.45) is 0.869. The Morgan fingerprint density at radius 3 is 2.45 bits per heavy atom. The standard InChI is InChI=1S/C25H27N5O/c1-18-15-19(2)30(27-18)17-25(31)29-13-11-28(12-14-29)24-10-6-4-8-21(24)23-16-20-7-3-5-9-22(20)26-23/h3-10,15H,11-14,16-17H2,1-2H3. The minimum Gasteiger partial charge on any atom is -0.367 e. The fraction of sp³-hybridized carbons (Fsp3) is 0.320. The molecule has 5 rings (SSSR count). The number of hydrogen-bond donors (Lipinski definition) is 0. The molecule has 0 saturated carbocycles. The van der Waals surface area contributed by atoms with E-state index in [1.807, 2.05) is 30.9 Å². The number of fused-ring (bicyclic) bond motifs is 1. The van der Waals surface area contributed by atoms with Gasteiger partial charge in [0.15, 0.2) is 0 Å². The van der Waals surface area contributed by atoms with E-state index in [1.54, 1.807) is 4.68 Å². The maximum atomic E-state index is 12.8. The quantitative estimate of drug-likeness (QED) is 0.658. The predicted octanol–water partition coefficient (Wildman–Crippen LogP) is 3.53. The van der Waals surface area contributed by atoms with Gasteiger partial charge in [-0.3, -0.25) is 14.5 Å². The van der Waals surface area contributed by atoms with Crippen molar-refractivity contribution in [3.8, 4) is 0 Å². The third-order valence-corrected chi connectivity index (χ3v) is 6.18. The van der Waals surface area contributed by atoms with Crippen molar-refractivity contribution in [2.75, 3.05) is 31.1 Å². The van der Waals surface area contributed by atoms with Crippen LogP contribution in [0.2, 0.25) is 0 Å². The lowest BCUT2D eigenvalue weighted by molar-refractivity contribution is -0.132. The summed E-state index contributed by atoms with van der Waals surface area (Å²) in [5.41, 5.74) is 7.86. The van der Waals surface area contributed by atoms with Crippen LogP contribution in [0.3, 0.4) is 0 Å². The van der Waals surface area contributed by atoms with Crippen molar-refractivity contribution in [1.82, 2.24) is 14.7 Å². The van der Waals surface area contributed by atoms with Gasteiger partial charge in [0.25, 0.3) is 0 Å². The Balaban J connectivity index is 1.28. The molecule has 1 fully saturated rings. The zero-order valence-electron chi connectivity index (χ0n) is 18.1. The first kappa shape index (κ1) is 19.5. The molecule has 0 aliphatic carbocycles. The van der Waals surface area contributed by atoms with Gasteiger partial charge in [-0.25, -0.2) is 0 Å². The Hall–Kier alpha value is -3.41. The second-order valence-electron chi connectivity index (χ2n) is 8.33. The lowest BCUT2D eigenvalue weighted by atomic mass is 10.0. The number of nitrogens with zero attached hydrogens (tertiary/aromatic N) is 5. The summed E-state index contributed by atoms with van der Waals surface area (Å²) in [5.74, 6) is 0.134. The van der Waals surface area contributed by atoms with Crippen LogP contribution < -0.4 is 4.90 Å². The van der Waals surface area contributed by atoms with Gasteiger partial charge in [0.05, 0.1) is 17.1 Å². The molecule has 1 aromatic heterocycles. The number of piperazine rings is 1. The van der Waals surface area contributed by atoms with Gasteiger partial charge in [-0.1, -0.05) is 36.4 Å². The molecular weight excluding hydrogens is 386 g/mol. The molecule has 1 amide bonds. The van der Waals surface area contributed by atoms with Crippen molar-refractivity contribution < 1.29 is 4.79 Å². The molecule has 3 aromatic rings. The van der Waals surface area contributed by atoms with Crippen molar-refractivity contribution in [2.45, 2.75) is 26.8 Å². The summed E-state index contributed by atoms with van der Waals surface area (Å²) >= 11 is 0. The molecule has 2 aliphatic rings. The van der Waals surface area contributed by atoms with Crippen molar-refractivity contribution in [1.29, 1.82) is 0 Å². The maximum Gasteiger partial charge on any atom is 0.244 e. The number of para-hydroxylation sites is 2. The van der Waals surface area contributed by atoms with Crippen LogP contribution in [-0.2, 0) is 17.8 Å². The van der Waals surface area contributed by atoms with E-state index in [2.05, 4.69) is 52.5 Å². The Bertz CT molecular complexity index is 1150. The van der Waals surface area contributed by atoms with Crippen LogP contribution in [0.5, 0.6) is 0 Å². The molecule has 3 heterocycles.